The quantitative estimate of drug-likeness (QED) is 0.775. The van der Waals surface area contributed by atoms with E-state index >= 15 is 0 Å². The van der Waals surface area contributed by atoms with Crippen LogP contribution in [-0.2, 0) is 16.6 Å². The van der Waals surface area contributed by atoms with E-state index in [-0.39, 0.29) is 18.0 Å². The van der Waals surface area contributed by atoms with E-state index in [1.54, 1.807) is 18.2 Å². The van der Waals surface area contributed by atoms with Gasteiger partial charge in [-0.25, -0.2) is 8.42 Å². The standard InChI is InChI=1S/C11H13NO3S/c1-3-8-12(2)16(14,15)11-7-5-4-6-10(11)9-13/h1,4-7,13H,8-9H2,2H3. The molecule has 86 valence electrons. The zero-order chi connectivity index (χ0) is 12.2. The Bertz CT molecular complexity index is 502. The summed E-state index contributed by atoms with van der Waals surface area (Å²) in [4.78, 5) is 0.0928. The molecule has 0 saturated heterocycles. The van der Waals surface area contributed by atoms with Crippen molar-refractivity contribution in [2.45, 2.75) is 11.5 Å². The monoisotopic (exact) mass is 239 g/mol. The number of aliphatic hydroxyl groups excluding tert-OH is 1. The molecule has 0 fully saturated rings. The largest absolute Gasteiger partial charge is 0.392 e. The summed E-state index contributed by atoms with van der Waals surface area (Å²) < 4.78 is 25.1. The fourth-order valence-corrected chi connectivity index (χ4v) is 2.56. The normalized spacial score (nSPS) is 11.4. The van der Waals surface area contributed by atoms with Crippen molar-refractivity contribution in [3.63, 3.8) is 0 Å². The van der Waals surface area contributed by atoms with Crippen LogP contribution >= 0.6 is 0 Å². The average Bonchev–Trinajstić information content (AvgIpc) is 2.29. The maximum absolute atomic E-state index is 12.0. The van der Waals surface area contributed by atoms with Gasteiger partial charge in [0.25, 0.3) is 0 Å². The molecular formula is C11H13NO3S. The van der Waals surface area contributed by atoms with Gasteiger partial charge in [-0.2, -0.15) is 4.31 Å². The van der Waals surface area contributed by atoms with Gasteiger partial charge in [0, 0.05) is 7.05 Å². The molecule has 1 N–H and O–H groups in total. The lowest BCUT2D eigenvalue weighted by molar-refractivity contribution is 0.278. The molecule has 5 heteroatoms. The highest BCUT2D eigenvalue weighted by atomic mass is 32.2. The number of sulfonamides is 1. The molecule has 1 rings (SSSR count). The molecule has 0 unspecified atom stereocenters. The van der Waals surface area contributed by atoms with Crippen LogP contribution in [0.1, 0.15) is 5.56 Å². The molecule has 0 heterocycles. The molecule has 0 aliphatic rings. The average molecular weight is 239 g/mol. The van der Waals surface area contributed by atoms with Crippen LogP contribution < -0.4 is 0 Å². The van der Waals surface area contributed by atoms with Gasteiger partial charge in [-0.05, 0) is 11.6 Å². The van der Waals surface area contributed by atoms with Crippen molar-refractivity contribution in [3.05, 3.63) is 29.8 Å². The summed E-state index contributed by atoms with van der Waals surface area (Å²) in [6.45, 7) is -0.318. The first-order chi connectivity index (χ1) is 7.54. The maximum atomic E-state index is 12.0. The first-order valence-electron chi connectivity index (χ1n) is 4.62. The van der Waals surface area contributed by atoms with Gasteiger partial charge in [0.1, 0.15) is 0 Å². The Morgan fingerprint density at radius 1 is 1.44 bits per heavy atom. The zero-order valence-electron chi connectivity index (χ0n) is 8.92. The molecule has 0 spiro atoms. The van der Waals surface area contributed by atoms with Crippen LogP contribution in [0.3, 0.4) is 0 Å². The van der Waals surface area contributed by atoms with E-state index in [1.807, 2.05) is 0 Å². The van der Waals surface area contributed by atoms with Gasteiger partial charge < -0.3 is 5.11 Å². The summed E-state index contributed by atoms with van der Waals surface area (Å²) >= 11 is 0. The van der Waals surface area contributed by atoms with Gasteiger partial charge in [-0.3, -0.25) is 0 Å². The van der Waals surface area contributed by atoms with Crippen molar-refractivity contribution in [2.75, 3.05) is 13.6 Å². The third kappa shape index (κ3) is 2.42. The fraction of sp³-hybridized carbons (Fsp3) is 0.273. The number of hydrogen-bond donors (Lipinski definition) is 1. The predicted molar refractivity (Wildman–Crippen MR) is 61.0 cm³/mol. The predicted octanol–water partition coefficient (Wildman–Crippen LogP) is 0.433. The molecule has 0 aromatic heterocycles. The number of nitrogens with zero attached hydrogens (tertiary/aromatic N) is 1. The maximum Gasteiger partial charge on any atom is 0.244 e. The van der Waals surface area contributed by atoms with Crippen molar-refractivity contribution < 1.29 is 13.5 Å². The highest BCUT2D eigenvalue weighted by Gasteiger charge is 2.22. The summed E-state index contributed by atoms with van der Waals surface area (Å²) in [7, 11) is -2.21. The summed E-state index contributed by atoms with van der Waals surface area (Å²) in [5.41, 5.74) is 0.367. The first kappa shape index (κ1) is 12.7. The van der Waals surface area contributed by atoms with Crippen molar-refractivity contribution in [1.29, 1.82) is 0 Å². The number of rotatable bonds is 4. The van der Waals surface area contributed by atoms with Crippen molar-refractivity contribution in [1.82, 2.24) is 4.31 Å². The van der Waals surface area contributed by atoms with E-state index in [2.05, 4.69) is 5.92 Å². The Morgan fingerprint density at radius 3 is 2.62 bits per heavy atom. The van der Waals surface area contributed by atoms with Gasteiger partial charge in [0.15, 0.2) is 0 Å². The lowest BCUT2D eigenvalue weighted by Gasteiger charge is -2.16. The molecule has 0 radical (unpaired) electrons. The van der Waals surface area contributed by atoms with Crippen LogP contribution in [0.5, 0.6) is 0 Å². The van der Waals surface area contributed by atoms with Gasteiger partial charge in [0.2, 0.25) is 10.0 Å². The molecule has 0 atom stereocenters. The fourth-order valence-electron chi connectivity index (χ4n) is 1.27. The second-order valence-electron chi connectivity index (χ2n) is 3.23. The second kappa shape index (κ2) is 5.12. The van der Waals surface area contributed by atoms with Crippen LogP contribution in [-0.4, -0.2) is 31.4 Å². The number of aliphatic hydroxyl groups is 1. The van der Waals surface area contributed by atoms with Crippen LogP contribution in [0.25, 0.3) is 0 Å². The van der Waals surface area contributed by atoms with E-state index in [4.69, 9.17) is 11.5 Å². The first-order valence-corrected chi connectivity index (χ1v) is 6.06. The van der Waals surface area contributed by atoms with Gasteiger partial charge in [0.05, 0.1) is 18.0 Å². The minimum atomic E-state index is -3.61. The molecular weight excluding hydrogens is 226 g/mol. The molecule has 0 amide bonds. The summed E-state index contributed by atoms with van der Waals surface area (Å²) in [6.07, 6.45) is 5.07. The number of benzene rings is 1. The number of terminal acetylenes is 1. The van der Waals surface area contributed by atoms with Crippen LogP contribution in [0.4, 0.5) is 0 Å². The lowest BCUT2D eigenvalue weighted by atomic mass is 10.2. The minimum Gasteiger partial charge on any atom is -0.392 e. The minimum absolute atomic E-state index is 0.00208. The van der Waals surface area contributed by atoms with Crippen molar-refractivity contribution >= 4 is 10.0 Å². The van der Waals surface area contributed by atoms with E-state index < -0.39 is 10.0 Å². The SMILES string of the molecule is C#CCN(C)S(=O)(=O)c1ccccc1CO. The van der Waals surface area contributed by atoms with E-state index in [9.17, 15) is 8.42 Å². The van der Waals surface area contributed by atoms with E-state index in [0.29, 0.717) is 5.56 Å². The van der Waals surface area contributed by atoms with Gasteiger partial charge in [-0.1, -0.05) is 24.1 Å². The molecule has 0 saturated carbocycles. The van der Waals surface area contributed by atoms with E-state index in [1.165, 1.54) is 13.1 Å². The topological polar surface area (TPSA) is 57.6 Å². The van der Waals surface area contributed by atoms with E-state index in [0.717, 1.165) is 4.31 Å². The molecule has 0 bridgehead atoms. The zero-order valence-corrected chi connectivity index (χ0v) is 9.74. The Morgan fingerprint density at radius 2 is 2.06 bits per heavy atom. The highest BCUT2D eigenvalue weighted by Crippen LogP contribution is 2.18. The Labute approximate surface area is 95.6 Å². The Kier molecular flexibility index (Phi) is 4.07. The molecule has 0 aliphatic carbocycles. The van der Waals surface area contributed by atoms with Crippen molar-refractivity contribution in [3.8, 4) is 12.3 Å². The molecule has 16 heavy (non-hydrogen) atoms. The third-order valence-corrected chi connectivity index (χ3v) is 4.05. The van der Waals surface area contributed by atoms with Crippen LogP contribution in [0, 0.1) is 12.3 Å². The van der Waals surface area contributed by atoms with Crippen molar-refractivity contribution in [2.24, 2.45) is 0 Å². The Hall–Kier alpha value is -1.35. The van der Waals surface area contributed by atoms with Gasteiger partial charge >= 0.3 is 0 Å². The Balaban J connectivity index is 3.23. The third-order valence-electron chi connectivity index (χ3n) is 2.15. The molecule has 1 aromatic carbocycles. The summed E-state index contributed by atoms with van der Waals surface area (Å²) in [5.74, 6) is 2.27. The summed E-state index contributed by atoms with van der Waals surface area (Å²) in [5, 5.41) is 9.07. The number of hydrogen-bond acceptors (Lipinski definition) is 3. The lowest BCUT2D eigenvalue weighted by Crippen LogP contribution is -2.28. The summed E-state index contributed by atoms with van der Waals surface area (Å²) in [6, 6.07) is 6.30. The van der Waals surface area contributed by atoms with Crippen LogP contribution in [0.2, 0.25) is 0 Å². The molecule has 4 nitrogen and oxygen atoms in total. The molecule has 0 aliphatic heterocycles. The molecule has 1 aromatic rings. The second-order valence-corrected chi connectivity index (χ2v) is 5.24. The van der Waals surface area contributed by atoms with Gasteiger partial charge in [-0.15, -0.1) is 6.42 Å². The highest BCUT2D eigenvalue weighted by molar-refractivity contribution is 7.89. The smallest absolute Gasteiger partial charge is 0.244 e. The van der Waals surface area contributed by atoms with Crippen LogP contribution in [0.15, 0.2) is 29.2 Å².